The molecule has 140 valence electrons. The number of ketones is 1. The van der Waals surface area contributed by atoms with Crippen LogP contribution < -0.4 is 0 Å². The first-order valence-corrected chi connectivity index (χ1v) is 9.42. The summed E-state index contributed by atoms with van der Waals surface area (Å²) in [5.41, 5.74) is 0.699. The first-order valence-electron chi connectivity index (χ1n) is 7.85. The van der Waals surface area contributed by atoms with Crippen LogP contribution in [-0.4, -0.2) is 20.7 Å². The zero-order valence-electron chi connectivity index (χ0n) is 14.1. The molecule has 0 aliphatic heterocycles. The van der Waals surface area contributed by atoms with Gasteiger partial charge >= 0.3 is 0 Å². The van der Waals surface area contributed by atoms with Gasteiger partial charge in [0.15, 0.2) is 10.9 Å². The topological polar surface area (TPSA) is 86.0 Å². The Kier molecular flexibility index (Phi) is 6.41. The molecule has 0 N–H and O–H groups in total. The van der Waals surface area contributed by atoms with Crippen molar-refractivity contribution in [2.45, 2.75) is 10.1 Å². The van der Waals surface area contributed by atoms with Crippen molar-refractivity contribution < 1.29 is 9.72 Å². The van der Waals surface area contributed by atoms with Crippen molar-refractivity contribution in [3.63, 3.8) is 0 Å². The van der Waals surface area contributed by atoms with Crippen LogP contribution in [0.1, 0.15) is 15.9 Å². The highest BCUT2D eigenvalue weighted by Crippen LogP contribution is 2.33. The first-order chi connectivity index (χ1) is 13.4. The number of halogens is 2. The van der Waals surface area contributed by atoms with Crippen molar-refractivity contribution in [3.8, 4) is 0 Å². The van der Waals surface area contributed by atoms with E-state index >= 15 is 0 Å². The maximum absolute atomic E-state index is 12.3. The lowest BCUT2D eigenvalue weighted by Gasteiger charge is -2.03. The lowest BCUT2D eigenvalue weighted by atomic mass is 10.1. The van der Waals surface area contributed by atoms with Gasteiger partial charge in [-0.15, -0.1) is 0 Å². The summed E-state index contributed by atoms with van der Waals surface area (Å²) in [4.78, 5) is 31.8. The summed E-state index contributed by atoms with van der Waals surface area (Å²) in [6, 6.07) is 10.9. The average molecular weight is 432 g/mol. The molecule has 28 heavy (non-hydrogen) atoms. The van der Waals surface area contributed by atoms with Crippen LogP contribution in [-0.2, 0) is 0 Å². The third-order valence-electron chi connectivity index (χ3n) is 3.55. The van der Waals surface area contributed by atoms with Gasteiger partial charge in [-0.05, 0) is 53.7 Å². The Balaban J connectivity index is 1.84. The van der Waals surface area contributed by atoms with E-state index in [1.807, 2.05) is 0 Å². The standard InChI is InChI=1S/C19H11Cl2N3O3S/c20-13-4-5-14(15(21)11-13)17(25)6-2-12-3-7-18(16(10-12)24(26)27)28-19-22-8-1-9-23-19/h1-11H/b6-2-. The molecular weight excluding hydrogens is 421 g/mol. The lowest BCUT2D eigenvalue weighted by Crippen LogP contribution is -1.96. The number of benzene rings is 2. The van der Waals surface area contributed by atoms with Crippen molar-refractivity contribution in [2.75, 3.05) is 0 Å². The predicted octanol–water partition coefficient (Wildman–Crippen LogP) is 5.74. The fourth-order valence-corrected chi connectivity index (χ4v) is 3.55. The number of hydrogen-bond donors (Lipinski definition) is 0. The Morgan fingerprint density at radius 2 is 1.86 bits per heavy atom. The van der Waals surface area contributed by atoms with Gasteiger partial charge in [0.2, 0.25) is 0 Å². The van der Waals surface area contributed by atoms with Gasteiger partial charge in [0.05, 0.1) is 14.8 Å². The van der Waals surface area contributed by atoms with Crippen LogP contribution in [0.25, 0.3) is 6.08 Å². The molecule has 2 aromatic carbocycles. The van der Waals surface area contributed by atoms with Gasteiger partial charge in [-0.3, -0.25) is 14.9 Å². The van der Waals surface area contributed by atoms with Crippen LogP contribution in [0.2, 0.25) is 10.0 Å². The second-order valence-electron chi connectivity index (χ2n) is 5.44. The number of carbonyl (C=O) groups is 1. The Morgan fingerprint density at radius 3 is 2.54 bits per heavy atom. The summed E-state index contributed by atoms with van der Waals surface area (Å²) in [6.07, 6.45) is 5.92. The fourth-order valence-electron chi connectivity index (χ4n) is 2.25. The molecule has 0 fully saturated rings. The molecule has 1 heterocycles. The van der Waals surface area contributed by atoms with Crippen LogP contribution >= 0.6 is 35.0 Å². The van der Waals surface area contributed by atoms with E-state index < -0.39 is 4.92 Å². The Bertz CT molecular complexity index is 1080. The minimum absolute atomic E-state index is 0.100. The molecule has 0 unspecified atom stereocenters. The number of nitro benzene ring substituents is 1. The van der Waals surface area contributed by atoms with Gasteiger partial charge in [0, 0.05) is 29.0 Å². The SMILES string of the molecule is O=C(/C=C\c1ccc(Sc2ncccn2)c([N+](=O)[O-])c1)c1ccc(Cl)cc1Cl. The van der Waals surface area contributed by atoms with Crippen LogP contribution in [0.4, 0.5) is 5.69 Å². The van der Waals surface area contributed by atoms with Gasteiger partial charge in [-0.25, -0.2) is 9.97 Å². The van der Waals surface area contributed by atoms with Crippen LogP contribution in [0.15, 0.2) is 71.0 Å². The molecule has 0 radical (unpaired) electrons. The van der Waals surface area contributed by atoms with Gasteiger partial charge in [-0.1, -0.05) is 35.3 Å². The largest absolute Gasteiger partial charge is 0.289 e. The molecule has 0 aliphatic rings. The van der Waals surface area contributed by atoms with Crippen LogP contribution in [0.3, 0.4) is 0 Å². The van der Waals surface area contributed by atoms with E-state index in [2.05, 4.69) is 9.97 Å². The predicted molar refractivity (Wildman–Crippen MR) is 109 cm³/mol. The number of hydrogen-bond acceptors (Lipinski definition) is 6. The van der Waals surface area contributed by atoms with Crippen LogP contribution in [0.5, 0.6) is 0 Å². The molecule has 3 rings (SSSR count). The highest BCUT2D eigenvalue weighted by molar-refractivity contribution is 7.99. The monoisotopic (exact) mass is 431 g/mol. The molecule has 0 amide bonds. The average Bonchev–Trinajstić information content (AvgIpc) is 2.67. The number of nitro groups is 1. The van der Waals surface area contributed by atoms with Crippen molar-refractivity contribution >= 4 is 52.5 Å². The summed E-state index contributed by atoms with van der Waals surface area (Å²) in [6.45, 7) is 0. The van der Waals surface area contributed by atoms with E-state index in [1.165, 1.54) is 30.4 Å². The molecule has 9 heteroatoms. The van der Waals surface area contributed by atoms with Gasteiger partial charge in [0.25, 0.3) is 5.69 Å². The quantitative estimate of drug-likeness (QED) is 0.162. The van der Waals surface area contributed by atoms with E-state index in [4.69, 9.17) is 23.2 Å². The lowest BCUT2D eigenvalue weighted by molar-refractivity contribution is -0.387. The number of carbonyl (C=O) groups excluding carboxylic acids is 1. The molecule has 6 nitrogen and oxygen atoms in total. The smallest absolute Gasteiger partial charge is 0.283 e. The molecule has 0 aliphatic carbocycles. The van der Waals surface area contributed by atoms with Crippen molar-refractivity contribution in [1.29, 1.82) is 0 Å². The minimum atomic E-state index is -0.486. The maximum Gasteiger partial charge on any atom is 0.283 e. The fraction of sp³-hybridized carbons (Fsp3) is 0. The molecule has 0 bridgehead atoms. The van der Waals surface area contributed by atoms with Crippen molar-refractivity contribution in [3.05, 3.63) is 92.2 Å². The summed E-state index contributed by atoms with van der Waals surface area (Å²) in [7, 11) is 0. The Labute approximate surface area is 174 Å². The second-order valence-corrected chi connectivity index (χ2v) is 7.29. The summed E-state index contributed by atoms with van der Waals surface area (Å²) in [5, 5.41) is 12.5. The molecule has 0 saturated heterocycles. The van der Waals surface area contributed by atoms with Crippen molar-refractivity contribution in [2.24, 2.45) is 0 Å². The normalized spacial score (nSPS) is 10.9. The van der Waals surface area contributed by atoms with E-state index in [1.54, 1.807) is 36.7 Å². The Hall–Kier alpha value is -2.74. The van der Waals surface area contributed by atoms with E-state index in [-0.39, 0.29) is 16.5 Å². The molecule has 0 spiro atoms. The molecular formula is C19H11Cl2N3O3S. The minimum Gasteiger partial charge on any atom is -0.289 e. The Morgan fingerprint density at radius 1 is 1.11 bits per heavy atom. The first kappa shape index (κ1) is 20.0. The second kappa shape index (κ2) is 8.97. The zero-order valence-corrected chi connectivity index (χ0v) is 16.4. The van der Waals surface area contributed by atoms with Crippen LogP contribution in [0, 0.1) is 10.1 Å². The number of aromatic nitrogens is 2. The number of allylic oxidation sites excluding steroid dienone is 1. The van der Waals surface area contributed by atoms with Gasteiger partial charge < -0.3 is 0 Å². The molecule has 0 atom stereocenters. The maximum atomic E-state index is 12.3. The summed E-state index contributed by atoms with van der Waals surface area (Å²) < 4.78 is 0. The molecule has 1 aromatic heterocycles. The van der Waals surface area contributed by atoms with E-state index in [0.29, 0.717) is 26.2 Å². The molecule has 3 aromatic rings. The molecule has 0 saturated carbocycles. The van der Waals surface area contributed by atoms with E-state index in [0.717, 1.165) is 11.8 Å². The van der Waals surface area contributed by atoms with Gasteiger partial charge in [0.1, 0.15) is 0 Å². The third-order valence-corrected chi connectivity index (χ3v) is 5.05. The summed E-state index contributed by atoms with van der Waals surface area (Å²) in [5.74, 6) is -0.333. The highest BCUT2D eigenvalue weighted by atomic mass is 35.5. The third kappa shape index (κ3) is 4.95. The van der Waals surface area contributed by atoms with E-state index in [9.17, 15) is 14.9 Å². The number of rotatable bonds is 6. The van der Waals surface area contributed by atoms with Gasteiger partial charge in [-0.2, -0.15) is 0 Å². The zero-order chi connectivity index (χ0) is 20.1. The summed E-state index contributed by atoms with van der Waals surface area (Å²) >= 11 is 12.9. The number of nitrogens with zero attached hydrogens (tertiary/aromatic N) is 3. The highest BCUT2D eigenvalue weighted by Gasteiger charge is 2.16. The van der Waals surface area contributed by atoms with Crippen molar-refractivity contribution in [1.82, 2.24) is 9.97 Å².